The fourth-order valence-corrected chi connectivity index (χ4v) is 2.76. The number of carbonyl (C=O) groups excluding carboxylic acids is 1. The molecule has 1 heterocycles. The van der Waals surface area contributed by atoms with Crippen LogP contribution in [0.1, 0.15) is 18.1 Å². The van der Waals surface area contributed by atoms with E-state index in [1.165, 1.54) is 24.3 Å². The first-order valence-corrected chi connectivity index (χ1v) is 9.78. The minimum absolute atomic E-state index is 0.0230. The lowest BCUT2D eigenvalue weighted by atomic mass is 10.1. The predicted molar refractivity (Wildman–Crippen MR) is 111 cm³/mol. The molecule has 0 spiro atoms. The molecule has 1 amide bonds. The van der Waals surface area contributed by atoms with Crippen LogP contribution in [0.3, 0.4) is 0 Å². The molecule has 0 saturated carbocycles. The molecule has 0 fully saturated rings. The van der Waals surface area contributed by atoms with E-state index < -0.39 is 6.36 Å². The fourth-order valence-electron chi connectivity index (χ4n) is 2.76. The van der Waals surface area contributed by atoms with Crippen LogP contribution in [0.2, 0.25) is 0 Å². The Morgan fingerprint density at radius 3 is 2.28 bits per heavy atom. The van der Waals surface area contributed by atoms with Crippen LogP contribution in [0.4, 0.5) is 13.2 Å². The number of benzene rings is 2. The van der Waals surface area contributed by atoms with E-state index >= 15 is 0 Å². The standard InChI is InChI=1S/C23H21F3N2O4/c1-2-30-19-5-3-4-6-20(19)31-22-12-9-17(15-28-22)14-27-21(29)13-16-7-10-18(11-8-16)32-23(24,25)26/h3-12,15H,2,13-14H2,1H3,(H,27,29). The van der Waals surface area contributed by atoms with Crippen molar-refractivity contribution in [2.45, 2.75) is 26.3 Å². The number of nitrogens with one attached hydrogen (secondary N) is 1. The molecule has 3 rings (SSSR count). The summed E-state index contributed by atoms with van der Waals surface area (Å²) in [6.07, 6.45) is -3.14. The molecule has 168 valence electrons. The van der Waals surface area contributed by atoms with Gasteiger partial charge in [0.15, 0.2) is 11.5 Å². The number of amides is 1. The van der Waals surface area contributed by atoms with Gasteiger partial charge in [0.25, 0.3) is 0 Å². The van der Waals surface area contributed by atoms with E-state index in [0.29, 0.717) is 29.5 Å². The van der Waals surface area contributed by atoms with Gasteiger partial charge < -0.3 is 19.5 Å². The average molecular weight is 446 g/mol. The van der Waals surface area contributed by atoms with Crippen LogP contribution in [0.5, 0.6) is 23.1 Å². The maximum atomic E-state index is 12.2. The smallest absolute Gasteiger partial charge is 0.490 e. The van der Waals surface area contributed by atoms with Gasteiger partial charge in [0.05, 0.1) is 13.0 Å². The van der Waals surface area contributed by atoms with Gasteiger partial charge in [-0.2, -0.15) is 0 Å². The van der Waals surface area contributed by atoms with Gasteiger partial charge in [-0.1, -0.05) is 30.3 Å². The first-order valence-electron chi connectivity index (χ1n) is 9.78. The topological polar surface area (TPSA) is 69.7 Å². The molecule has 0 unspecified atom stereocenters. The highest BCUT2D eigenvalue weighted by Crippen LogP contribution is 2.30. The van der Waals surface area contributed by atoms with Gasteiger partial charge in [0.1, 0.15) is 5.75 Å². The Morgan fingerprint density at radius 2 is 1.66 bits per heavy atom. The average Bonchev–Trinajstić information content (AvgIpc) is 2.75. The fraction of sp³-hybridized carbons (Fsp3) is 0.217. The van der Waals surface area contributed by atoms with Crippen molar-refractivity contribution in [3.63, 3.8) is 0 Å². The lowest BCUT2D eigenvalue weighted by Crippen LogP contribution is -2.24. The van der Waals surface area contributed by atoms with Gasteiger partial charge in [-0.3, -0.25) is 4.79 Å². The maximum Gasteiger partial charge on any atom is 0.573 e. The van der Waals surface area contributed by atoms with E-state index in [1.807, 2.05) is 19.1 Å². The number of carbonyl (C=O) groups is 1. The quantitative estimate of drug-likeness (QED) is 0.499. The third-order valence-corrected chi connectivity index (χ3v) is 4.17. The zero-order chi connectivity index (χ0) is 23.0. The number of nitrogens with zero attached hydrogens (tertiary/aromatic N) is 1. The van der Waals surface area contributed by atoms with Crippen molar-refractivity contribution in [2.75, 3.05) is 6.61 Å². The largest absolute Gasteiger partial charge is 0.573 e. The Bertz CT molecular complexity index is 1020. The van der Waals surface area contributed by atoms with Gasteiger partial charge in [-0.15, -0.1) is 13.2 Å². The molecule has 0 radical (unpaired) electrons. The molecule has 0 aliphatic rings. The second kappa shape index (κ2) is 10.5. The summed E-state index contributed by atoms with van der Waals surface area (Å²) in [5, 5.41) is 2.74. The Balaban J connectivity index is 1.49. The van der Waals surface area contributed by atoms with Crippen molar-refractivity contribution in [3.05, 3.63) is 78.0 Å². The highest BCUT2D eigenvalue weighted by Gasteiger charge is 2.30. The van der Waals surface area contributed by atoms with Crippen LogP contribution in [0.15, 0.2) is 66.9 Å². The van der Waals surface area contributed by atoms with E-state index in [-0.39, 0.29) is 24.6 Å². The first kappa shape index (κ1) is 22.9. The summed E-state index contributed by atoms with van der Waals surface area (Å²) in [5.74, 6) is 0.938. The van der Waals surface area contributed by atoms with Crippen molar-refractivity contribution < 1.29 is 32.2 Å². The minimum atomic E-state index is -4.75. The molecule has 9 heteroatoms. The molecule has 0 aliphatic heterocycles. The zero-order valence-corrected chi connectivity index (χ0v) is 17.2. The number of hydrogen-bond acceptors (Lipinski definition) is 5. The molecule has 32 heavy (non-hydrogen) atoms. The Hall–Kier alpha value is -3.75. The normalized spacial score (nSPS) is 11.0. The predicted octanol–water partition coefficient (Wildman–Crippen LogP) is 5.03. The van der Waals surface area contributed by atoms with E-state index in [4.69, 9.17) is 9.47 Å². The second-order valence-electron chi connectivity index (χ2n) is 6.63. The van der Waals surface area contributed by atoms with Crippen molar-refractivity contribution in [1.82, 2.24) is 10.3 Å². The number of aromatic nitrogens is 1. The summed E-state index contributed by atoms with van der Waals surface area (Å²) in [6, 6.07) is 15.9. The molecule has 2 aromatic carbocycles. The molecular weight excluding hydrogens is 425 g/mol. The van der Waals surface area contributed by atoms with Crippen molar-refractivity contribution in [2.24, 2.45) is 0 Å². The maximum absolute atomic E-state index is 12.2. The van der Waals surface area contributed by atoms with Crippen LogP contribution < -0.4 is 19.5 Å². The van der Waals surface area contributed by atoms with Crippen molar-refractivity contribution in [3.8, 4) is 23.1 Å². The van der Waals surface area contributed by atoms with Crippen LogP contribution in [0.25, 0.3) is 0 Å². The minimum Gasteiger partial charge on any atom is -0.490 e. The number of pyridine rings is 1. The van der Waals surface area contributed by atoms with E-state index in [0.717, 1.165) is 5.56 Å². The Kier molecular flexibility index (Phi) is 7.54. The first-order chi connectivity index (χ1) is 15.3. The summed E-state index contributed by atoms with van der Waals surface area (Å²) < 4.78 is 51.7. The van der Waals surface area contributed by atoms with Crippen LogP contribution in [-0.2, 0) is 17.8 Å². The van der Waals surface area contributed by atoms with Crippen LogP contribution in [-0.4, -0.2) is 23.9 Å². The Morgan fingerprint density at radius 1 is 0.969 bits per heavy atom. The lowest BCUT2D eigenvalue weighted by Gasteiger charge is -2.11. The van der Waals surface area contributed by atoms with Crippen molar-refractivity contribution in [1.29, 1.82) is 0 Å². The number of hydrogen-bond donors (Lipinski definition) is 1. The van der Waals surface area contributed by atoms with E-state index in [2.05, 4.69) is 15.0 Å². The SMILES string of the molecule is CCOc1ccccc1Oc1ccc(CNC(=O)Cc2ccc(OC(F)(F)F)cc2)cn1. The molecule has 0 aliphatic carbocycles. The van der Waals surface area contributed by atoms with Gasteiger partial charge in [-0.05, 0) is 42.3 Å². The highest BCUT2D eigenvalue weighted by atomic mass is 19.4. The number of halogens is 3. The number of para-hydroxylation sites is 2. The van der Waals surface area contributed by atoms with Gasteiger partial charge in [0, 0.05) is 18.8 Å². The second-order valence-corrected chi connectivity index (χ2v) is 6.63. The third-order valence-electron chi connectivity index (χ3n) is 4.17. The molecule has 0 atom stereocenters. The molecule has 1 aromatic heterocycles. The summed E-state index contributed by atoms with van der Waals surface area (Å²) in [6.45, 7) is 2.64. The molecule has 3 aromatic rings. The monoisotopic (exact) mass is 446 g/mol. The number of rotatable bonds is 9. The summed E-state index contributed by atoms with van der Waals surface area (Å²) in [5.41, 5.74) is 1.32. The number of ether oxygens (including phenoxy) is 3. The molecular formula is C23H21F3N2O4. The third kappa shape index (κ3) is 7.19. The summed E-state index contributed by atoms with van der Waals surface area (Å²) in [4.78, 5) is 16.4. The molecule has 6 nitrogen and oxygen atoms in total. The van der Waals surface area contributed by atoms with Gasteiger partial charge in [0.2, 0.25) is 11.8 Å². The molecule has 1 N–H and O–H groups in total. The van der Waals surface area contributed by atoms with Gasteiger partial charge >= 0.3 is 6.36 Å². The lowest BCUT2D eigenvalue weighted by molar-refractivity contribution is -0.274. The molecule has 0 bridgehead atoms. The highest BCUT2D eigenvalue weighted by molar-refractivity contribution is 5.78. The Labute approximate surface area is 183 Å². The molecule has 0 saturated heterocycles. The van der Waals surface area contributed by atoms with Crippen LogP contribution in [0, 0.1) is 0 Å². The zero-order valence-electron chi connectivity index (χ0n) is 17.2. The summed E-state index contributed by atoms with van der Waals surface area (Å²) >= 11 is 0. The van der Waals surface area contributed by atoms with Crippen molar-refractivity contribution >= 4 is 5.91 Å². The number of alkyl halides is 3. The van der Waals surface area contributed by atoms with Gasteiger partial charge in [-0.25, -0.2) is 4.98 Å². The van der Waals surface area contributed by atoms with E-state index in [1.54, 1.807) is 30.5 Å². The van der Waals surface area contributed by atoms with E-state index in [9.17, 15) is 18.0 Å². The van der Waals surface area contributed by atoms with Crippen LogP contribution >= 0.6 is 0 Å². The summed E-state index contributed by atoms with van der Waals surface area (Å²) in [7, 11) is 0.